The molecule has 3 aromatic carbocycles. The molecule has 8 heteroatoms. The van der Waals surface area contributed by atoms with Gasteiger partial charge in [-0.05, 0) is 36.4 Å². The number of carbonyl (C=O) groups is 2. The van der Waals surface area contributed by atoms with Crippen LogP contribution in [0.3, 0.4) is 0 Å². The Morgan fingerprint density at radius 3 is 2.11 bits per heavy atom. The van der Waals surface area contributed by atoms with Gasteiger partial charge in [0.25, 0.3) is 5.91 Å². The first-order valence-corrected chi connectivity index (χ1v) is 10.7. The topological polar surface area (TPSA) is 96.0 Å². The van der Waals surface area contributed by atoms with E-state index in [0.29, 0.717) is 45.1 Å². The number of ether oxygens (including phenoxy) is 4. The van der Waals surface area contributed by atoms with Gasteiger partial charge in [0.1, 0.15) is 17.2 Å². The number of benzene rings is 3. The zero-order chi connectivity index (χ0) is 24.8. The summed E-state index contributed by atoms with van der Waals surface area (Å²) in [6, 6.07) is 21.3. The molecule has 0 saturated carbocycles. The monoisotopic (exact) mass is 472 g/mol. The lowest BCUT2D eigenvalue weighted by atomic mass is 10.0. The molecule has 0 unspecified atom stereocenters. The van der Waals surface area contributed by atoms with E-state index in [1.54, 1.807) is 37.4 Å². The molecule has 0 aliphatic carbocycles. The van der Waals surface area contributed by atoms with Crippen LogP contribution in [-0.4, -0.2) is 44.8 Å². The van der Waals surface area contributed by atoms with Gasteiger partial charge in [-0.15, -0.1) is 0 Å². The van der Waals surface area contributed by atoms with E-state index >= 15 is 0 Å². The van der Waals surface area contributed by atoms with Crippen LogP contribution in [0.1, 0.15) is 10.4 Å². The lowest BCUT2D eigenvalue weighted by Gasteiger charge is -2.12. The zero-order valence-electron chi connectivity index (χ0n) is 19.5. The summed E-state index contributed by atoms with van der Waals surface area (Å²) in [5, 5.41) is 3.32. The maximum absolute atomic E-state index is 13.0. The first-order valence-electron chi connectivity index (χ1n) is 10.7. The van der Waals surface area contributed by atoms with E-state index in [4.69, 9.17) is 18.9 Å². The van der Waals surface area contributed by atoms with Crippen LogP contribution in [0.25, 0.3) is 22.2 Å². The molecule has 0 aliphatic rings. The summed E-state index contributed by atoms with van der Waals surface area (Å²) in [4.78, 5) is 30.2. The maximum atomic E-state index is 13.0. The van der Waals surface area contributed by atoms with Crippen molar-refractivity contribution >= 4 is 28.5 Å². The summed E-state index contributed by atoms with van der Waals surface area (Å²) in [6.45, 7) is -0.465. The summed E-state index contributed by atoms with van der Waals surface area (Å²) in [7, 11) is 4.63. The molecule has 0 atom stereocenters. The van der Waals surface area contributed by atoms with E-state index in [2.05, 4.69) is 10.3 Å². The van der Waals surface area contributed by atoms with Crippen molar-refractivity contribution in [2.75, 3.05) is 33.3 Å². The van der Waals surface area contributed by atoms with Crippen molar-refractivity contribution in [2.45, 2.75) is 0 Å². The van der Waals surface area contributed by atoms with Crippen molar-refractivity contribution in [3.63, 3.8) is 0 Å². The molecule has 0 saturated heterocycles. The number of hydrogen-bond acceptors (Lipinski definition) is 7. The molecule has 0 fully saturated rings. The SMILES string of the molecule is COc1ccc(-c2cc(C(=O)OCC(=O)Nc3cc(OC)cc(OC)c3)c3ccccc3n2)cc1. The molecule has 0 spiro atoms. The molecule has 4 aromatic rings. The highest BCUT2D eigenvalue weighted by Gasteiger charge is 2.17. The number of aromatic nitrogens is 1. The van der Waals surface area contributed by atoms with E-state index < -0.39 is 18.5 Å². The van der Waals surface area contributed by atoms with E-state index in [1.165, 1.54) is 14.2 Å². The third-order valence-corrected chi connectivity index (χ3v) is 5.29. The van der Waals surface area contributed by atoms with Crippen LogP contribution in [0.2, 0.25) is 0 Å². The molecule has 1 aromatic heterocycles. The molecule has 4 rings (SSSR count). The summed E-state index contributed by atoms with van der Waals surface area (Å²) in [5.74, 6) is 0.630. The number of para-hydroxylation sites is 1. The van der Waals surface area contributed by atoms with Crippen LogP contribution in [0.5, 0.6) is 17.2 Å². The van der Waals surface area contributed by atoms with E-state index in [9.17, 15) is 9.59 Å². The molecule has 1 amide bonds. The van der Waals surface area contributed by atoms with E-state index in [1.807, 2.05) is 42.5 Å². The molecule has 1 N–H and O–H groups in total. The average molecular weight is 472 g/mol. The number of anilines is 1. The largest absolute Gasteiger partial charge is 0.497 e. The minimum atomic E-state index is -0.628. The number of esters is 1. The highest BCUT2D eigenvalue weighted by Crippen LogP contribution is 2.28. The number of nitrogens with one attached hydrogen (secondary N) is 1. The predicted molar refractivity (Wildman–Crippen MR) is 132 cm³/mol. The molecule has 1 heterocycles. The summed E-state index contributed by atoms with van der Waals surface area (Å²) in [6.07, 6.45) is 0. The van der Waals surface area contributed by atoms with Crippen LogP contribution >= 0.6 is 0 Å². The molecular formula is C27H24N2O6. The summed E-state index contributed by atoms with van der Waals surface area (Å²) in [5.41, 5.74) is 2.83. The smallest absolute Gasteiger partial charge is 0.339 e. The molecule has 0 aliphatic heterocycles. The van der Waals surface area contributed by atoms with Crippen molar-refractivity contribution in [3.05, 3.63) is 78.4 Å². The molecule has 0 bridgehead atoms. The van der Waals surface area contributed by atoms with Crippen molar-refractivity contribution in [2.24, 2.45) is 0 Å². The number of pyridine rings is 1. The van der Waals surface area contributed by atoms with Gasteiger partial charge in [-0.2, -0.15) is 0 Å². The van der Waals surface area contributed by atoms with Gasteiger partial charge in [0, 0.05) is 34.8 Å². The standard InChI is InChI=1S/C27H24N2O6/c1-32-19-10-8-17(9-11-19)25-15-23(22-6-4-5-7-24(22)29-25)27(31)35-16-26(30)28-18-12-20(33-2)14-21(13-18)34-3/h4-15H,16H2,1-3H3,(H,28,30). The second kappa shape index (κ2) is 10.6. The lowest BCUT2D eigenvalue weighted by molar-refractivity contribution is -0.119. The van der Waals surface area contributed by atoms with Gasteiger partial charge >= 0.3 is 5.97 Å². The lowest BCUT2D eigenvalue weighted by Crippen LogP contribution is -2.21. The molecular weight excluding hydrogens is 448 g/mol. The number of methoxy groups -OCH3 is 3. The Balaban J connectivity index is 1.54. The Hall–Kier alpha value is -4.59. The van der Waals surface area contributed by atoms with Gasteiger partial charge in [0.15, 0.2) is 6.61 Å². The Morgan fingerprint density at radius 2 is 1.46 bits per heavy atom. The fourth-order valence-electron chi connectivity index (χ4n) is 3.54. The quantitative estimate of drug-likeness (QED) is 0.371. The highest BCUT2D eigenvalue weighted by atomic mass is 16.5. The number of nitrogens with zero attached hydrogens (tertiary/aromatic N) is 1. The van der Waals surface area contributed by atoms with Crippen LogP contribution in [0, 0.1) is 0 Å². The summed E-state index contributed by atoms with van der Waals surface area (Å²) < 4.78 is 21.0. The number of rotatable bonds is 8. The van der Waals surface area contributed by atoms with Crippen LogP contribution in [-0.2, 0) is 9.53 Å². The van der Waals surface area contributed by atoms with Gasteiger partial charge in [-0.1, -0.05) is 18.2 Å². The average Bonchev–Trinajstić information content (AvgIpc) is 2.90. The number of hydrogen-bond donors (Lipinski definition) is 1. The van der Waals surface area contributed by atoms with Gasteiger partial charge in [0.05, 0.1) is 38.1 Å². The van der Waals surface area contributed by atoms with Crippen molar-refractivity contribution in [3.8, 4) is 28.5 Å². The van der Waals surface area contributed by atoms with E-state index in [0.717, 1.165) is 5.56 Å². The Bertz CT molecular complexity index is 1350. The number of carbonyl (C=O) groups excluding carboxylic acids is 2. The maximum Gasteiger partial charge on any atom is 0.339 e. The molecule has 178 valence electrons. The first kappa shape index (κ1) is 23.6. The Morgan fingerprint density at radius 1 is 0.800 bits per heavy atom. The second-order valence-electron chi connectivity index (χ2n) is 7.53. The van der Waals surface area contributed by atoms with Crippen molar-refractivity contribution in [1.82, 2.24) is 4.98 Å². The molecule has 35 heavy (non-hydrogen) atoms. The predicted octanol–water partition coefficient (Wildman–Crippen LogP) is 4.72. The Kier molecular flexibility index (Phi) is 7.11. The first-order chi connectivity index (χ1) is 17.0. The van der Waals surface area contributed by atoms with Crippen LogP contribution < -0.4 is 19.5 Å². The number of amides is 1. The normalized spacial score (nSPS) is 10.5. The van der Waals surface area contributed by atoms with Gasteiger partial charge in [-0.3, -0.25) is 4.79 Å². The third-order valence-electron chi connectivity index (χ3n) is 5.29. The van der Waals surface area contributed by atoms with E-state index in [-0.39, 0.29) is 0 Å². The Labute approximate surface area is 202 Å². The van der Waals surface area contributed by atoms with Crippen LogP contribution in [0.4, 0.5) is 5.69 Å². The van der Waals surface area contributed by atoms with Gasteiger partial charge in [0.2, 0.25) is 0 Å². The fourth-order valence-corrected chi connectivity index (χ4v) is 3.54. The van der Waals surface area contributed by atoms with Crippen LogP contribution in [0.15, 0.2) is 72.8 Å². The van der Waals surface area contributed by atoms with Gasteiger partial charge in [-0.25, -0.2) is 9.78 Å². The zero-order valence-corrected chi connectivity index (χ0v) is 19.5. The van der Waals surface area contributed by atoms with Gasteiger partial charge < -0.3 is 24.3 Å². The fraction of sp³-hybridized carbons (Fsp3) is 0.148. The third kappa shape index (κ3) is 5.50. The molecule has 8 nitrogen and oxygen atoms in total. The number of fused-ring (bicyclic) bond motifs is 1. The summed E-state index contributed by atoms with van der Waals surface area (Å²) >= 11 is 0. The highest BCUT2D eigenvalue weighted by molar-refractivity contribution is 6.05. The minimum absolute atomic E-state index is 0.317. The van der Waals surface area contributed by atoms with Crippen molar-refractivity contribution < 1.29 is 28.5 Å². The second-order valence-corrected chi connectivity index (χ2v) is 7.53. The van der Waals surface area contributed by atoms with Crippen molar-refractivity contribution in [1.29, 1.82) is 0 Å². The minimum Gasteiger partial charge on any atom is -0.497 e. The molecule has 0 radical (unpaired) electrons.